The third kappa shape index (κ3) is 7.46. The zero-order valence-corrected chi connectivity index (χ0v) is 18.7. The summed E-state index contributed by atoms with van der Waals surface area (Å²) >= 11 is 0. The number of nitrogens with zero attached hydrogens (tertiary/aromatic N) is 3. The van der Waals surface area contributed by atoms with Crippen molar-refractivity contribution in [2.75, 3.05) is 59.1 Å². The van der Waals surface area contributed by atoms with Crippen molar-refractivity contribution in [3.05, 3.63) is 29.8 Å². The summed E-state index contributed by atoms with van der Waals surface area (Å²) in [5.41, 5.74) is 1.18. The lowest BCUT2D eigenvalue weighted by atomic mass is 10.2. The van der Waals surface area contributed by atoms with Crippen LogP contribution in [0.15, 0.2) is 29.3 Å². The molecule has 2 saturated heterocycles. The second-order valence-corrected chi connectivity index (χ2v) is 6.81. The Labute approximate surface area is 180 Å². The lowest BCUT2D eigenvalue weighted by Gasteiger charge is -2.26. The van der Waals surface area contributed by atoms with E-state index in [2.05, 4.69) is 40.2 Å². The van der Waals surface area contributed by atoms with E-state index in [0.29, 0.717) is 13.2 Å². The summed E-state index contributed by atoms with van der Waals surface area (Å²) in [7, 11) is 0. The molecule has 152 valence electrons. The van der Waals surface area contributed by atoms with E-state index >= 15 is 0 Å². The first-order valence-electron chi connectivity index (χ1n) is 9.90. The van der Waals surface area contributed by atoms with Gasteiger partial charge in [-0.15, -0.1) is 24.0 Å². The highest BCUT2D eigenvalue weighted by Crippen LogP contribution is 2.15. The van der Waals surface area contributed by atoms with Crippen molar-refractivity contribution in [1.82, 2.24) is 15.1 Å². The molecule has 0 spiro atoms. The summed E-state index contributed by atoms with van der Waals surface area (Å²) in [4.78, 5) is 9.55. The fourth-order valence-electron chi connectivity index (χ4n) is 3.37. The number of benzene rings is 1. The van der Waals surface area contributed by atoms with E-state index in [9.17, 15) is 0 Å². The Bertz CT molecular complexity index is 573. The molecule has 1 aromatic carbocycles. The molecule has 3 rings (SSSR count). The normalized spacial score (nSPS) is 18.3. The van der Waals surface area contributed by atoms with E-state index in [-0.39, 0.29) is 24.0 Å². The van der Waals surface area contributed by atoms with Crippen molar-refractivity contribution in [2.24, 2.45) is 4.99 Å². The van der Waals surface area contributed by atoms with Gasteiger partial charge in [0.25, 0.3) is 0 Å². The van der Waals surface area contributed by atoms with Crippen LogP contribution in [0.1, 0.15) is 25.3 Å². The standard InChI is InChI=1S/C20H32N4O2.HI/c1-2-21-20(24-8-3-4-9-24)22-17-18-6-5-7-19(16-18)26-15-12-23-10-13-25-14-11-23;/h5-7,16H,2-4,8-15,17H2,1H3,(H,21,22);1H. The number of hydrogen-bond acceptors (Lipinski definition) is 4. The minimum atomic E-state index is 0. The molecule has 0 radical (unpaired) electrons. The Morgan fingerprint density at radius 3 is 2.70 bits per heavy atom. The molecule has 6 nitrogen and oxygen atoms in total. The van der Waals surface area contributed by atoms with Crippen LogP contribution >= 0.6 is 24.0 Å². The molecule has 1 N–H and O–H groups in total. The predicted molar refractivity (Wildman–Crippen MR) is 120 cm³/mol. The molecule has 2 aliphatic rings. The highest BCUT2D eigenvalue weighted by atomic mass is 127. The Morgan fingerprint density at radius 2 is 1.96 bits per heavy atom. The summed E-state index contributed by atoms with van der Waals surface area (Å²) < 4.78 is 11.3. The maximum Gasteiger partial charge on any atom is 0.194 e. The zero-order valence-electron chi connectivity index (χ0n) is 16.4. The largest absolute Gasteiger partial charge is 0.492 e. The van der Waals surface area contributed by atoms with Gasteiger partial charge in [-0.3, -0.25) is 4.90 Å². The molecular weight excluding hydrogens is 455 g/mol. The van der Waals surface area contributed by atoms with E-state index in [1.807, 2.05) is 6.07 Å². The Kier molecular flexibility index (Phi) is 10.2. The van der Waals surface area contributed by atoms with Crippen molar-refractivity contribution >= 4 is 29.9 Å². The van der Waals surface area contributed by atoms with Gasteiger partial charge in [-0.25, -0.2) is 4.99 Å². The fourth-order valence-corrected chi connectivity index (χ4v) is 3.37. The predicted octanol–water partition coefficient (Wildman–Crippen LogP) is 2.58. The Hall–Kier alpha value is -1.06. The maximum atomic E-state index is 5.95. The first kappa shape index (κ1) is 22.2. The van der Waals surface area contributed by atoms with Crippen LogP contribution in [0.25, 0.3) is 0 Å². The molecule has 2 heterocycles. The van der Waals surface area contributed by atoms with Crippen molar-refractivity contribution in [2.45, 2.75) is 26.3 Å². The number of ether oxygens (including phenoxy) is 2. The summed E-state index contributed by atoms with van der Waals surface area (Å²) in [6, 6.07) is 8.30. The summed E-state index contributed by atoms with van der Waals surface area (Å²) in [5, 5.41) is 3.41. The van der Waals surface area contributed by atoms with Gasteiger partial charge in [-0.1, -0.05) is 12.1 Å². The van der Waals surface area contributed by atoms with Gasteiger partial charge < -0.3 is 19.7 Å². The second-order valence-electron chi connectivity index (χ2n) is 6.81. The SMILES string of the molecule is CCNC(=NCc1cccc(OCCN2CCOCC2)c1)N1CCCC1.I. The third-order valence-electron chi connectivity index (χ3n) is 4.83. The van der Waals surface area contributed by atoms with Gasteiger partial charge in [0.15, 0.2) is 5.96 Å². The third-order valence-corrected chi connectivity index (χ3v) is 4.83. The molecule has 0 bridgehead atoms. The summed E-state index contributed by atoms with van der Waals surface area (Å²) in [6.07, 6.45) is 2.52. The minimum absolute atomic E-state index is 0. The van der Waals surface area contributed by atoms with Gasteiger partial charge in [0.05, 0.1) is 19.8 Å². The molecule has 0 aromatic heterocycles. The highest BCUT2D eigenvalue weighted by molar-refractivity contribution is 14.0. The van der Waals surface area contributed by atoms with Crippen LogP contribution in [0.2, 0.25) is 0 Å². The molecule has 0 amide bonds. The number of halogens is 1. The van der Waals surface area contributed by atoms with Gasteiger partial charge >= 0.3 is 0 Å². The van der Waals surface area contributed by atoms with E-state index in [0.717, 1.165) is 64.2 Å². The van der Waals surface area contributed by atoms with Crippen LogP contribution in [0.4, 0.5) is 0 Å². The molecule has 7 heteroatoms. The van der Waals surface area contributed by atoms with Crippen molar-refractivity contribution < 1.29 is 9.47 Å². The number of morpholine rings is 1. The molecule has 1 aromatic rings. The number of guanidine groups is 1. The van der Waals surface area contributed by atoms with Gasteiger partial charge in [0.1, 0.15) is 12.4 Å². The monoisotopic (exact) mass is 488 g/mol. The van der Waals surface area contributed by atoms with Crippen LogP contribution in [0.3, 0.4) is 0 Å². The molecular formula is C20H33IN4O2. The molecule has 2 aliphatic heterocycles. The Morgan fingerprint density at radius 1 is 1.19 bits per heavy atom. The molecule has 0 aliphatic carbocycles. The lowest BCUT2D eigenvalue weighted by Crippen LogP contribution is -2.39. The lowest BCUT2D eigenvalue weighted by molar-refractivity contribution is 0.0322. The van der Waals surface area contributed by atoms with Crippen molar-refractivity contribution in [1.29, 1.82) is 0 Å². The van der Waals surface area contributed by atoms with Crippen LogP contribution in [0, 0.1) is 0 Å². The first-order chi connectivity index (χ1) is 12.8. The summed E-state index contributed by atoms with van der Waals surface area (Å²) in [6.45, 7) is 11.2. The molecule has 0 atom stereocenters. The zero-order chi connectivity index (χ0) is 18.0. The number of aliphatic imine (C=N–C) groups is 1. The Balaban J connectivity index is 0.00000261. The average Bonchev–Trinajstić information content (AvgIpc) is 3.21. The topological polar surface area (TPSA) is 49.3 Å². The highest BCUT2D eigenvalue weighted by Gasteiger charge is 2.15. The van der Waals surface area contributed by atoms with E-state index in [1.165, 1.54) is 18.4 Å². The number of rotatable bonds is 7. The molecule has 2 fully saturated rings. The fraction of sp³-hybridized carbons (Fsp3) is 0.650. The second kappa shape index (κ2) is 12.4. The van der Waals surface area contributed by atoms with E-state index in [4.69, 9.17) is 14.5 Å². The van der Waals surface area contributed by atoms with Crippen molar-refractivity contribution in [3.63, 3.8) is 0 Å². The molecule has 0 unspecified atom stereocenters. The molecule has 0 saturated carbocycles. The number of likely N-dealkylation sites (tertiary alicyclic amines) is 1. The van der Waals surface area contributed by atoms with Gasteiger partial charge in [0.2, 0.25) is 0 Å². The quantitative estimate of drug-likeness (QED) is 0.364. The number of hydrogen-bond donors (Lipinski definition) is 1. The van der Waals surface area contributed by atoms with Gasteiger partial charge in [0, 0.05) is 39.3 Å². The number of nitrogens with one attached hydrogen (secondary N) is 1. The smallest absolute Gasteiger partial charge is 0.194 e. The van der Waals surface area contributed by atoms with Gasteiger partial charge in [-0.2, -0.15) is 0 Å². The van der Waals surface area contributed by atoms with E-state index in [1.54, 1.807) is 0 Å². The van der Waals surface area contributed by atoms with Crippen LogP contribution in [0.5, 0.6) is 5.75 Å². The average molecular weight is 488 g/mol. The van der Waals surface area contributed by atoms with Crippen LogP contribution in [-0.2, 0) is 11.3 Å². The van der Waals surface area contributed by atoms with E-state index < -0.39 is 0 Å². The van der Waals surface area contributed by atoms with Crippen LogP contribution < -0.4 is 10.1 Å². The molecule has 27 heavy (non-hydrogen) atoms. The maximum absolute atomic E-state index is 5.95. The first-order valence-corrected chi connectivity index (χ1v) is 9.90. The summed E-state index contributed by atoms with van der Waals surface area (Å²) in [5.74, 6) is 1.96. The van der Waals surface area contributed by atoms with Gasteiger partial charge in [-0.05, 0) is 37.5 Å². The minimum Gasteiger partial charge on any atom is -0.492 e. The van der Waals surface area contributed by atoms with Crippen molar-refractivity contribution in [3.8, 4) is 5.75 Å². The van der Waals surface area contributed by atoms with Crippen LogP contribution in [-0.4, -0.2) is 74.8 Å².